The van der Waals surface area contributed by atoms with Crippen LogP contribution in [0.1, 0.15) is 35.7 Å². The van der Waals surface area contributed by atoms with Crippen LogP contribution < -0.4 is 4.74 Å². The highest BCUT2D eigenvalue weighted by Crippen LogP contribution is 2.39. The third kappa shape index (κ3) is 3.87. The first kappa shape index (κ1) is 16.3. The molecule has 0 bridgehead atoms. The number of hydrogen-bond donors (Lipinski definition) is 1. The van der Waals surface area contributed by atoms with E-state index in [2.05, 4.69) is 10.2 Å². The van der Waals surface area contributed by atoms with Crippen LogP contribution >= 0.6 is 11.8 Å². The molecule has 1 atom stereocenters. The molecule has 2 aromatic rings. The number of hydrogen-bond acceptors (Lipinski definition) is 5. The normalized spacial score (nSPS) is 15.7. The Morgan fingerprint density at radius 1 is 1.30 bits per heavy atom. The highest BCUT2D eigenvalue weighted by Gasteiger charge is 2.29. The van der Waals surface area contributed by atoms with Crippen molar-refractivity contribution in [1.29, 1.82) is 0 Å². The number of aliphatic hydroxyl groups excluding tert-OH is 1. The summed E-state index contributed by atoms with van der Waals surface area (Å²) in [6.45, 7) is 4.32. The van der Waals surface area contributed by atoms with Crippen LogP contribution in [0.4, 0.5) is 0 Å². The molecule has 5 nitrogen and oxygen atoms in total. The Morgan fingerprint density at radius 2 is 2.00 bits per heavy atom. The molecule has 6 heteroatoms. The van der Waals surface area contributed by atoms with Gasteiger partial charge in [-0.3, -0.25) is 0 Å². The molecule has 0 unspecified atom stereocenters. The maximum atomic E-state index is 10.2. The van der Waals surface area contributed by atoms with Gasteiger partial charge in [0.15, 0.2) is 5.16 Å². The molecule has 1 N–H and O–H groups in total. The summed E-state index contributed by atoms with van der Waals surface area (Å²) in [7, 11) is 2.00. The molecule has 1 aromatic heterocycles. The van der Waals surface area contributed by atoms with E-state index >= 15 is 0 Å². The molecule has 1 heterocycles. The van der Waals surface area contributed by atoms with Crippen molar-refractivity contribution in [2.45, 2.75) is 43.9 Å². The number of rotatable bonds is 7. The zero-order valence-electron chi connectivity index (χ0n) is 13.8. The van der Waals surface area contributed by atoms with E-state index in [0.29, 0.717) is 11.7 Å². The number of para-hydroxylation sites is 1. The van der Waals surface area contributed by atoms with Gasteiger partial charge in [-0.1, -0.05) is 30.0 Å². The Hall–Kier alpha value is -1.53. The van der Waals surface area contributed by atoms with Crippen molar-refractivity contribution in [3.05, 3.63) is 35.2 Å². The Morgan fingerprint density at radius 3 is 2.65 bits per heavy atom. The zero-order valence-corrected chi connectivity index (χ0v) is 14.6. The molecule has 0 spiro atoms. The fraction of sp³-hybridized carbons (Fsp3) is 0.529. The predicted molar refractivity (Wildman–Crippen MR) is 91.1 cm³/mol. The third-order valence-electron chi connectivity index (χ3n) is 4.04. The first-order valence-corrected chi connectivity index (χ1v) is 8.94. The van der Waals surface area contributed by atoms with Gasteiger partial charge in [-0.05, 0) is 37.8 Å². The minimum Gasteiger partial charge on any atom is -0.490 e. The Balaban J connectivity index is 1.51. The van der Waals surface area contributed by atoms with Gasteiger partial charge in [0.25, 0.3) is 0 Å². The van der Waals surface area contributed by atoms with Crippen LogP contribution in [0, 0.1) is 13.8 Å². The van der Waals surface area contributed by atoms with Gasteiger partial charge in [-0.2, -0.15) is 0 Å². The molecule has 1 fully saturated rings. The number of aromatic nitrogens is 3. The van der Waals surface area contributed by atoms with Crippen LogP contribution in [-0.4, -0.2) is 38.3 Å². The molecule has 0 aliphatic heterocycles. The quantitative estimate of drug-likeness (QED) is 0.790. The van der Waals surface area contributed by atoms with Crippen molar-refractivity contribution in [3.63, 3.8) is 0 Å². The zero-order chi connectivity index (χ0) is 16.4. The average molecular weight is 333 g/mol. The second kappa shape index (κ2) is 6.93. The van der Waals surface area contributed by atoms with E-state index in [1.54, 1.807) is 0 Å². The largest absolute Gasteiger partial charge is 0.490 e. The van der Waals surface area contributed by atoms with Crippen molar-refractivity contribution in [3.8, 4) is 5.75 Å². The Kier molecular flexibility index (Phi) is 4.92. The van der Waals surface area contributed by atoms with Gasteiger partial charge < -0.3 is 14.4 Å². The average Bonchev–Trinajstić information content (AvgIpc) is 3.29. The van der Waals surface area contributed by atoms with Crippen molar-refractivity contribution in [2.75, 3.05) is 12.4 Å². The highest BCUT2D eigenvalue weighted by atomic mass is 32.2. The van der Waals surface area contributed by atoms with Gasteiger partial charge >= 0.3 is 0 Å². The van der Waals surface area contributed by atoms with Crippen LogP contribution in [-0.2, 0) is 7.05 Å². The van der Waals surface area contributed by atoms with Crippen molar-refractivity contribution in [1.82, 2.24) is 14.8 Å². The van der Waals surface area contributed by atoms with E-state index < -0.39 is 6.10 Å². The minimum atomic E-state index is -0.542. The molecule has 1 saturated carbocycles. The monoisotopic (exact) mass is 333 g/mol. The molecule has 0 saturated heterocycles. The fourth-order valence-corrected chi connectivity index (χ4v) is 3.40. The fourth-order valence-electron chi connectivity index (χ4n) is 2.57. The standard InChI is InChI=1S/C17H23N3O2S/c1-11-5-4-6-12(2)15(11)22-9-14(21)10-23-17-19-18-16(20(17)3)13-7-8-13/h4-6,13-14,21H,7-10H2,1-3H3/t14-/m0/s1. The second-order valence-electron chi connectivity index (χ2n) is 6.17. The second-order valence-corrected chi connectivity index (χ2v) is 7.16. The molecule has 124 valence electrons. The van der Waals surface area contributed by atoms with Crippen LogP contribution in [0.3, 0.4) is 0 Å². The number of aryl methyl sites for hydroxylation is 2. The van der Waals surface area contributed by atoms with E-state index in [1.165, 1.54) is 24.6 Å². The topological polar surface area (TPSA) is 60.2 Å². The summed E-state index contributed by atoms with van der Waals surface area (Å²) in [5, 5.41) is 19.5. The van der Waals surface area contributed by atoms with Crippen LogP contribution in [0.15, 0.2) is 23.4 Å². The van der Waals surface area contributed by atoms with E-state index in [-0.39, 0.29) is 6.61 Å². The summed E-state index contributed by atoms with van der Waals surface area (Å²) < 4.78 is 7.84. The summed E-state index contributed by atoms with van der Waals surface area (Å²) in [6.07, 6.45) is 1.88. The molecule has 3 rings (SSSR count). The van der Waals surface area contributed by atoms with E-state index in [0.717, 1.165) is 27.9 Å². The van der Waals surface area contributed by atoms with E-state index in [9.17, 15) is 5.11 Å². The maximum absolute atomic E-state index is 10.2. The third-order valence-corrected chi connectivity index (χ3v) is 5.21. The van der Waals surface area contributed by atoms with Gasteiger partial charge in [-0.15, -0.1) is 10.2 Å². The summed E-state index contributed by atoms with van der Waals surface area (Å²) in [5.41, 5.74) is 2.18. The summed E-state index contributed by atoms with van der Waals surface area (Å²) in [6, 6.07) is 6.04. The molecular formula is C17H23N3O2S. The molecule has 1 aliphatic carbocycles. The maximum Gasteiger partial charge on any atom is 0.191 e. The number of benzene rings is 1. The van der Waals surface area contributed by atoms with Crippen molar-refractivity contribution >= 4 is 11.8 Å². The molecule has 1 aromatic carbocycles. The van der Waals surface area contributed by atoms with Gasteiger partial charge in [0, 0.05) is 18.7 Å². The minimum absolute atomic E-state index is 0.284. The molecular weight excluding hydrogens is 310 g/mol. The molecule has 1 aliphatic rings. The van der Waals surface area contributed by atoms with Gasteiger partial charge in [0.2, 0.25) is 0 Å². The summed E-state index contributed by atoms with van der Waals surface area (Å²) in [5.74, 6) is 3.06. The lowest BCUT2D eigenvalue weighted by Crippen LogP contribution is -2.21. The predicted octanol–water partition coefficient (Wildman–Crippen LogP) is 2.84. The van der Waals surface area contributed by atoms with Crippen molar-refractivity contribution < 1.29 is 9.84 Å². The molecule has 23 heavy (non-hydrogen) atoms. The lowest BCUT2D eigenvalue weighted by molar-refractivity contribution is 0.125. The van der Waals surface area contributed by atoms with Crippen molar-refractivity contribution in [2.24, 2.45) is 7.05 Å². The lowest BCUT2D eigenvalue weighted by atomic mass is 10.1. The number of thioether (sulfide) groups is 1. The van der Waals surface area contributed by atoms with E-state index in [4.69, 9.17) is 4.74 Å². The lowest BCUT2D eigenvalue weighted by Gasteiger charge is -2.15. The van der Waals surface area contributed by atoms with E-state index in [1.807, 2.05) is 43.7 Å². The first-order chi connectivity index (χ1) is 11.1. The van der Waals surface area contributed by atoms with Crippen LogP contribution in [0.5, 0.6) is 5.75 Å². The van der Waals surface area contributed by atoms with Gasteiger partial charge in [0.1, 0.15) is 18.2 Å². The summed E-state index contributed by atoms with van der Waals surface area (Å²) >= 11 is 1.52. The first-order valence-electron chi connectivity index (χ1n) is 7.95. The smallest absolute Gasteiger partial charge is 0.191 e. The van der Waals surface area contributed by atoms with Gasteiger partial charge in [-0.25, -0.2) is 0 Å². The number of aliphatic hydroxyl groups is 1. The van der Waals surface area contributed by atoms with Crippen LogP contribution in [0.2, 0.25) is 0 Å². The number of nitrogens with zero attached hydrogens (tertiary/aromatic N) is 3. The van der Waals surface area contributed by atoms with Gasteiger partial charge in [0.05, 0.1) is 6.10 Å². The highest BCUT2D eigenvalue weighted by molar-refractivity contribution is 7.99. The summed E-state index contributed by atoms with van der Waals surface area (Å²) in [4.78, 5) is 0. The molecule has 0 radical (unpaired) electrons. The SMILES string of the molecule is Cc1cccc(C)c1OC[C@H](O)CSc1nnc(C2CC2)n1C. The number of ether oxygens (including phenoxy) is 1. The Bertz CT molecular complexity index is 662. The Labute approximate surface area is 141 Å². The van der Waals surface area contributed by atoms with Crippen LogP contribution in [0.25, 0.3) is 0 Å². The molecule has 0 amide bonds.